The first-order valence-corrected chi connectivity index (χ1v) is 5.97. The molecule has 2 rings (SSSR count). The van der Waals surface area contributed by atoms with E-state index in [9.17, 15) is 4.79 Å². The van der Waals surface area contributed by atoms with Crippen LogP contribution >= 0.6 is 11.3 Å². The molecule has 2 heterocycles. The van der Waals surface area contributed by atoms with Gasteiger partial charge in [-0.05, 0) is 12.1 Å². The number of esters is 1. The van der Waals surface area contributed by atoms with Crippen LogP contribution < -0.4 is 5.32 Å². The van der Waals surface area contributed by atoms with Crippen molar-refractivity contribution in [2.45, 2.75) is 13.1 Å². The number of hydrogen-bond acceptors (Lipinski definition) is 5. The maximum absolute atomic E-state index is 11.2. The average molecular weight is 251 g/mol. The molecule has 0 saturated carbocycles. The zero-order chi connectivity index (χ0) is 12.1. The number of hydrogen-bond donors (Lipinski definition) is 2. The summed E-state index contributed by atoms with van der Waals surface area (Å²) in [5.41, 5.74) is 0. The van der Waals surface area contributed by atoms with Crippen LogP contribution in [0.15, 0.2) is 24.5 Å². The summed E-state index contributed by atoms with van der Waals surface area (Å²) in [6, 6.07) is 3.70. The minimum absolute atomic E-state index is 0.285. The van der Waals surface area contributed by atoms with Crippen LogP contribution in [0.2, 0.25) is 0 Å². The number of methoxy groups -OCH3 is 1. The number of thiophene rings is 1. The lowest BCUT2D eigenvalue weighted by atomic mass is 10.4. The van der Waals surface area contributed by atoms with Crippen molar-refractivity contribution in [2.75, 3.05) is 7.11 Å². The predicted octanol–water partition coefficient (Wildman–Crippen LogP) is 1.55. The molecule has 90 valence electrons. The Labute approximate surface area is 103 Å². The van der Waals surface area contributed by atoms with E-state index in [-0.39, 0.29) is 5.97 Å². The second-order valence-electron chi connectivity index (χ2n) is 3.40. The van der Waals surface area contributed by atoms with Crippen molar-refractivity contribution < 1.29 is 9.53 Å². The average Bonchev–Trinajstić information content (AvgIpc) is 2.99. The summed E-state index contributed by atoms with van der Waals surface area (Å²) in [4.78, 5) is 20.1. The van der Waals surface area contributed by atoms with Crippen LogP contribution in [0.5, 0.6) is 0 Å². The molecule has 0 spiro atoms. The van der Waals surface area contributed by atoms with E-state index >= 15 is 0 Å². The van der Waals surface area contributed by atoms with Gasteiger partial charge in [-0.2, -0.15) is 0 Å². The molecule has 0 fully saturated rings. The van der Waals surface area contributed by atoms with E-state index in [1.165, 1.54) is 18.4 Å². The third-order valence-electron chi connectivity index (χ3n) is 2.19. The smallest absolute Gasteiger partial charge is 0.348 e. The largest absolute Gasteiger partial charge is 0.465 e. The van der Waals surface area contributed by atoms with Gasteiger partial charge in [0.15, 0.2) is 0 Å². The highest BCUT2D eigenvalue weighted by molar-refractivity contribution is 7.13. The molecule has 2 aromatic rings. The van der Waals surface area contributed by atoms with Crippen molar-refractivity contribution in [3.63, 3.8) is 0 Å². The molecule has 2 N–H and O–H groups in total. The molecule has 0 aliphatic heterocycles. The van der Waals surface area contributed by atoms with Gasteiger partial charge >= 0.3 is 5.97 Å². The summed E-state index contributed by atoms with van der Waals surface area (Å²) < 4.78 is 4.65. The van der Waals surface area contributed by atoms with Gasteiger partial charge in [0.05, 0.1) is 13.7 Å². The van der Waals surface area contributed by atoms with E-state index in [1.807, 2.05) is 6.07 Å². The Morgan fingerprint density at radius 3 is 3.12 bits per heavy atom. The van der Waals surface area contributed by atoms with Crippen molar-refractivity contribution in [3.05, 3.63) is 40.1 Å². The van der Waals surface area contributed by atoms with Gasteiger partial charge in [-0.15, -0.1) is 11.3 Å². The van der Waals surface area contributed by atoms with Gasteiger partial charge in [0.1, 0.15) is 10.7 Å². The molecule has 6 heteroatoms. The van der Waals surface area contributed by atoms with E-state index in [0.717, 1.165) is 10.7 Å². The minimum Gasteiger partial charge on any atom is -0.465 e. The van der Waals surface area contributed by atoms with Crippen molar-refractivity contribution in [1.29, 1.82) is 0 Å². The highest BCUT2D eigenvalue weighted by atomic mass is 32.1. The van der Waals surface area contributed by atoms with E-state index in [2.05, 4.69) is 20.0 Å². The third-order valence-corrected chi connectivity index (χ3v) is 3.26. The second-order valence-corrected chi connectivity index (χ2v) is 4.57. The maximum Gasteiger partial charge on any atom is 0.348 e. The highest BCUT2D eigenvalue weighted by Crippen LogP contribution is 2.17. The van der Waals surface area contributed by atoms with Crippen LogP contribution in [-0.4, -0.2) is 23.0 Å². The number of nitrogens with one attached hydrogen (secondary N) is 2. The van der Waals surface area contributed by atoms with Gasteiger partial charge in [0.2, 0.25) is 0 Å². The molecule has 0 saturated heterocycles. The number of aromatic amines is 1. The first-order chi connectivity index (χ1) is 8.29. The number of carbonyl (C=O) groups excluding carboxylic acids is 1. The lowest BCUT2D eigenvalue weighted by molar-refractivity contribution is 0.0606. The molecule has 0 aromatic carbocycles. The third kappa shape index (κ3) is 3.15. The summed E-state index contributed by atoms with van der Waals surface area (Å²) in [7, 11) is 1.39. The van der Waals surface area contributed by atoms with E-state index in [0.29, 0.717) is 18.0 Å². The number of nitrogens with zero attached hydrogens (tertiary/aromatic N) is 1. The van der Waals surface area contributed by atoms with Crippen LogP contribution in [0.25, 0.3) is 0 Å². The summed E-state index contributed by atoms with van der Waals surface area (Å²) in [6.45, 7) is 1.39. The zero-order valence-corrected chi connectivity index (χ0v) is 10.2. The quantitative estimate of drug-likeness (QED) is 0.791. The molecule has 0 amide bonds. The number of H-pyrrole nitrogens is 1. The van der Waals surface area contributed by atoms with E-state index < -0.39 is 0 Å². The van der Waals surface area contributed by atoms with Gasteiger partial charge in [-0.3, -0.25) is 0 Å². The summed E-state index contributed by atoms with van der Waals surface area (Å²) >= 11 is 1.44. The molecular weight excluding hydrogens is 238 g/mol. The van der Waals surface area contributed by atoms with Gasteiger partial charge in [-0.1, -0.05) is 0 Å². The Morgan fingerprint density at radius 2 is 2.41 bits per heavy atom. The molecule has 0 aliphatic carbocycles. The van der Waals surface area contributed by atoms with Gasteiger partial charge in [0.25, 0.3) is 0 Å². The lowest BCUT2D eigenvalue weighted by Gasteiger charge is -1.99. The first kappa shape index (κ1) is 11.8. The van der Waals surface area contributed by atoms with Crippen molar-refractivity contribution in [1.82, 2.24) is 15.3 Å². The van der Waals surface area contributed by atoms with Crippen LogP contribution in [0.3, 0.4) is 0 Å². The Hall–Kier alpha value is -1.66. The Morgan fingerprint density at radius 1 is 1.53 bits per heavy atom. The standard InChI is InChI=1S/C11H13N3O2S/c1-16-11(15)9-3-2-8(17-9)6-12-7-10-13-4-5-14-10/h2-5,12H,6-7H2,1H3,(H,13,14). The van der Waals surface area contributed by atoms with Crippen LogP contribution in [-0.2, 0) is 17.8 Å². The highest BCUT2D eigenvalue weighted by Gasteiger charge is 2.08. The predicted molar refractivity (Wildman–Crippen MR) is 64.8 cm³/mol. The Balaban J connectivity index is 1.83. The van der Waals surface area contributed by atoms with Crippen LogP contribution in [0.4, 0.5) is 0 Å². The molecule has 17 heavy (non-hydrogen) atoms. The fraction of sp³-hybridized carbons (Fsp3) is 0.273. The molecule has 5 nitrogen and oxygen atoms in total. The number of ether oxygens (including phenoxy) is 1. The molecule has 0 aliphatic rings. The van der Waals surface area contributed by atoms with E-state index in [1.54, 1.807) is 18.5 Å². The molecule has 0 radical (unpaired) electrons. The normalized spacial score (nSPS) is 10.4. The minimum atomic E-state index is -0.285. The summed E-state index contributed by atoms with van der Waals surface area (Å²) in [5, 5.41) is 3.24. The fourth-order valence-corrected chi connectivity index (χ4v) is 2.28. The number of imidazole rings is 1. The molecular formula is C11H13N3O2S. The first-order valence-electron chi connectivity index (χ1n) is 5.15. The molecule has 0 atom stereocenters. The lowest BCUT2D eigenvalue weighted by Crippen LogP contribution is -2.12. The van der Waals surface area contributed by atoms with Crippen molar-refractivity contribution >= 4 is 17.3 Å². The fourth-order valence-electron chi connectivity index (χ4n) is 1.38. The zero-order valence-electron chi connectivity index (χ0n) is 9.40. The Kier molecular flexibility index (Phi) is 3.89. The van der Waals surface area contributed by atoms with Crippen molar-refractivity contribution in [2.24, 2.45) is 0 Å². The molecule has 0 unspecified atom stereocenters. The number of rotatable bonds is 5. The van der Waals surface area contributed by atoms with E-state index in [4.69, 9.17) is 0 Å². The maximum atomic E-state index is 11.2. The van der Waals surface area contributed by atoms with Gasteiger partial charge in [-0.25, -0.2) is 9.78 Å². The number of aromatic nitrogens is 2. The summed E-state index contributed by atoms with van der Waals surface area (Å²) in [5.74, 6) is 0.613. The molecule has 0 bridgehead atoms. The van der Waals surface area contributed by atoms with Gasteiger partial charge < -0.3 is 15.0 Å². The van der Waals surface area contributed by atoms with Crippen LogP contribution in [0, 0.1) is 0 Å². The van der Waals surface area contributed by atoms with Gasteiger partial charge in [0, 0.05) is 23.8 Å². The topological polar surface area (TPSA) is 67.0 Å². The molecule has 2 aromatic heterocycles. The SMILES string of the molecule is COC(=O)c1ccc(CNCc2ncc[nH]2)s1. The van der Waals surface area contributed by atoms with Crippen molar-refractivity contribution in [3.8, 4) is 0 Å². The summed E-state index contributed by atoms with van der Waals surface area (Å²) in [6.07, 6.45) is 3.51. The monoisotopic (exact) mass is 251 g/mol. The van der Waals surface area contributed by atoms with Crippen LogP contribution in [0.1, 0.15) is 20.4 Å². The second kappa shape index (κ2) is 5.60. The Bertz CT molecular complexity index is 479. The number of carbonyl (C=O) groups is 1.